The molecule has 1 rings (SSSR count). The predicted octanol–water partition coefficient (Wildman–Crippen LogP) is 0.0372. The van der Waals surface area contributed by atoms with Gasteiger partial charge in [-0.05, 0) is 6.07 Å². The number of nitro benzene ring substituents is 1. The van der Waals surface area contributed by atoms with E-state index >= 15 is 0 Å². The number of nitrogens with one attached hydrogen (secondary N) is 1. The standard InChI is InChI=1S/C9H9N3O4/c13-6-9(14)11-10-5-7-3-1-2-4-8(7)12(15)16/h1-5,13H,6H2,(H,11,14)/b10-5-. The molecular weight excluding hydrogens is 214 g/mol. The average Bonchev–Trinajstić information content (AvgIpc) is 2.29. The van der Waals surface area contributed by atoms with Crippen molar-refractivity contribution in [3.05, 3.63) is 39.9 Å². The van der Waals surface area contributed by atoms with Crippen LogP contribution in [0.4, 0.5) is 5.69 Å². The minimum atomic E-state index is -0.686. The molecule has 1 aromatic carbocycles. The molecule has 0 aliphatic heterocycles. The van der Waals surface area contributed by atoms with Crippen molar-refractivity contribution in [3.63, 3.8) is 0 Å². The van der Waals surface area contributed by atoms with Crippen LogP contribution >= 0.6 is 0 Å². The lowest BCUT2D eigenvalue weighted by Crippen LogP contribution is -2.20. The second-order valence-corrected chi connectivity index (χ2v) is 2.77. The number of carbonyl (C=O) groups is 1. The lowest BCUT2D eigenvalue weighted by atomic mass is 10.2. The zero-order valence-corrected chi connectivity index (χ0v) is 8.16. The molecule has 0 bridgehead atoms. The molecule has 0 radical (unpaired) electrons. The molecule has 0 saturated carbocycles. The zero-order chi connectivity index (χ0) is 12.0. The van der Waals surface area contributed by atoms with Crippen molar-refractivity contribution >= 4 is 17.8 Å². The molecule has 0 spiro atoms. The highest BCUT2D eigenvalue weighted by atomic mass is 16.6. The van der Waals surface area contributed by atoms with Crippen molar-refractivity contribution < 1.29 is 14.8 Å². The van der Waals surface area contributed by atoms with Crippen LogP contribution in [-0.2, 0) is 4.79 Å². The molecule has 7 heteroatoms. The molecule has 0 aromatic heterocycles. The maximum atomic E-state index is 10.6. The molecule has 0 aliphatic carbocycles. The number of rotatable bonds is 4. The normalized spacial score (nSPS) is 10.3. The molecule has 16 heavy (non-hydrogen) atoms. The summed E-state index contributed by atoms with van der Waals surface area (Å²) in [4.78, 5) is 20.7. The Hall–Kier alpha value is -2.28. The van der Waals surface area contributed by atoms with E-state index in [0.717, 1.165) is 6.21 Å². The summed E-state index contributed by atoms with van der Waals surface area (Å²) < 4.78 is 0. The maximum absolute atomic E-state index is 10.6. The van der Waals surface area contributed by atoms with Gasteiger partial charge in [0.2, 0.25) is 0 Å². The third kappa shape index (κ3) is 3.14. The lowest BCUT2D eigenvalue weighted by molar-refractivity contribution is -0.385. The van der Waals surface area contributed by atoms with Crippen molar-refractivity contribution in [3.8, 4) is 0 Å². The van der Waals surface area contributed by atoms with E-state index in [2.05, 4.69) is 5.10 Å². The second-order valence-electron chi connectivity index (χ2n) is 2.77. The van der Waals surface area contributed by atoms with E-state index < -0.39 is 17.4 Å². The van der Waals surface area contributed by atoms with E-state index in [9.17, 15) is 14.9 Å². The van der Waals surface area contributed by atoms with Gasteiger partial charge in [-0.1, -0.05) is 12.1 Å². The van der Waals surface area contributed by atoms with Crippen molar-refractivity contribution in [1.82, 2.24) is 5.43 Å². The first kappa shape index (κ1) is 11.8. The van der Waals surface area contributed by atoms with Crippen molar-refractivity contribution in [2.75, 3.05) is 6.61 Å². The maximum Gasteiger partial charge on any atom is 0.278 e. The van der Waals surface area contributed by atoms with Crippen LogP contribution in [-0.4, -0.2) is 28.8 Å². The van der Waals surface area contributed by atoms with Crippen LogP contribution in [0.25, 0.3) is 0 Å². The number of hydrazone groups is 1. The predicted molar refractivity (Wildman–Crippen MR) is 55.9 cm³/mol. The number of carbonyl (C=O) groups excluding carboxylic acids is 1. The quantitative estimate of drug-likeness (QED) is 0.427. The van der Waals surface area contributed by atoms with Gasteiger partial charge in [-0.15, -0.1) is 0 Å². The summed E-state index contributed by atoms with van der Waals surface area (Å²) in [5, 5.41) is 22.4. The van der Waals surface area contributed by atoms with E-state index in [0.29, 0.717) is 0 Å². The minimum absolute atomic E-state index is 0.107. The van der Waals surface area contributed by atoms with Gasteiger partial charge in [0.05, 0.1) is 16.7 Å². The molecular formula is C9H9N3O4. The number of nitro groups is 1. The van der Waals surface area contributed by atoms with Crippen LogP contribution in [0.1, 0.15) is 5.56 Å². The number of aliphatic hydroxyl groups is 1. The van der Waals surface area contributed by atoms with Gasteiger partial charge in [0, 0.05) is 6.07 Å². The Bertz CT molecular complexity index is 431. The summed E-state index contributed by atoms with van der Waals surface area (Å²) in [6, 6.07) is 5.96. The number of nitrogens with zero attached hydrogens (tertiary/aromatic N) is 2. The Kier molecular flexibility index (Phi) is 4.10. The molecule has 0 atom stereocenters. The fraction of sp³-hybridized carbons (Fsp3) is 0.111. The number of benzene rings is 1. The van der Waals surface area contributed by atoms with Gasteiger partial charge in [0.15, 0.2) is 0 Å². The topological polar surface area (TPSA) is 105 Å². The van der Waals surface area contributed by atoms with Crippen LogP contribution in [0.5, 0.6) is 0 Å². The molecule has 0 aliphatic rings. The summed E-state index contributed by atoms with van der Waals surface area (Å²) in [5.74, 6) is -0.685. The molecule has 0 unspecified atom stereocenters. The fourth-order valence-electron chi connectivity index (χ4n) is 0.972. The van der Waals surface area contributed by atoms with Crippen LogP contribution < -0.4 is 5.43 Å². The smallest absolute Gasteiger partial charge is 0.278 e. The zero-order valence-electron chi connectivity index (χ0n) is 8.16. The van der Waals surface area contributed by atoms with Crippen LogP contribution in [0.15, 0.2) is 29.4 Å². The number of hydrogen-bond donors (Lipinski definition) is 2. The fourth-order valence-corrected chi connectivity index (χ4v) is 0.972. The summed E-state index contributed by atoms with van der Waals surface area (Å²) in [6.45, 7) is -0.686. The van der Waals surface area contributed by atoms with Gasteiger partial charge < -0.3 is 5.11 Å². The summed E-state index contributed by atoms with van der Waals surface area (Å²) in [5.41, 5.74) is 2.17. The van der Waals surface area contributed by atoms with Crippen molar-refractivity contribution in [1.29, 1.82) is 0 Å². The molecule has 2 N–H and O–H groups in total. The van der Waals surface area contributed by atoms with Gasteiger partial charge in [0.25, 0.3) is 11.6 Å². The third-order valence-corrected chi connectivity index (χ3v) is 1.67. The molecule has 0 fully saturated rings. The highest BCUT2D eigenvalue weighted by Crippen LogP contribution is 2.14. The van der Waals surface area contributed by atoms with Crippen molar-refractivity contribution in [2.24, 2.45) is 5.10 Å². The molecule has 0 saturated heterocycles. The van der Waals surface area contributed by atoms with Gasteiger partial charge >= 0.3 is 0 Å². The van der Waals surface area contributed by atoms with Gasteiger partial charge in [0.1, 0.15) is 6.61 Å². The Morgan fingerprint density at radius 1 is 1.56 bits per heavy atom. The molecule has 1 amide bonds. The Balaban J connectivity index is 2.80. The Morgan fingerprint density at radius 2 is 2.25 bits per heavy atom. The number of hydrogen-bond acceptors (Lipinski definition) is 5. The van der Waals surface area contributed by atoms with Gasteiger partial charge in [-0.2, -0.15) is 5.10 Å². The van der Waals surface area contributed by atoms with E-state index in [1.165, 1.54) is 18.2 Å². The minimum Gasteiger partial charge on any atom is -0.386 e. The molecule has 84 valence electrons. The highest BCUT2D eigenvalue weighted by Gasteiger charge is 2.09. The number of amides is 1. The molecule has 7 nitrogen and oxygen atoms in total. The SMILES string of the molecule is O=C(CO)N/N=C\c1ccccc1[N+](=O)[O-]. The van der Waals surface area contributed by atoms with Crippen molar-refractivity contribution in [2.45, 2.75) is 0 Å². The summed E-state index contributed by atoms with van der Waals surface area (Å²) >= 11 is 0. The number of para-hydroxylation sites is 1. The largest absolute Gasteiger partial charge is 0.386 e. The number of aliphatic hydroxyl groups excluding tert-OH is 1. The van der Waals surface area contributed by atoms with Gasteiger partial charge in [-0.3, -0.25) is 14.9 Å². The van der Waals surface area contributed by atoms with Crippen LogP contribution in [0, 0.1) is 10.1 Å². The first-order valence-corrected chi connectivity index (χ1v) is 4.31. The summed E-state index contributed by atoms with van der Waals surface area (Å²) in [7, 11) is 0. The highest BCUT2D eigenvalue weighted by molar-refractivity contribution is 5.86. The first-order chi connectivity index (χ1) is 7.65. The van der Waals surface area contributed by atoms with Gasteiger partial charge in [-0.25, -0.2) is 5.43 Å². The second kappa shape index (κ2) is 5.56. The lowest BCUT2D eigenvalue weighted by Gasteiger charge is -1.96. The Labute approximate surface area is 90.6 Å². The van der Waals surface area contributed by atoms with E-state index in [-0.39, 0.29) is 11.3 Å². The monoisotopic (exact) mass is 223 g/mol. The van der Waals surface area contributed by atoms with E-state index in [1.807, 2.05) is 5.43 Å². The van der Waals surface area contributed by atoms with E-state index in [4.69, 9.17) is 5.11 Å². The molecule has 1 aromatic rings. The average molecular weight is 223 g/mol. The van der Waals surface area contributed by atoms with E-state index in [1.54, 1.807) is 6.07 Å². The third-order valence-electron chi connectivity index (χ3n) is 1.67. The Morgan fingerprint density at radius 3 is 2.88 bits per heavy atom. The first-order valence-electron chi connectivity index (χ1n) is 4.31. The summed E-state index contributed by atoms with van der Waals surface area (Å²) in [6.07, 6.45) is 1.14. The molecule has 0 heterocycles. The van der Waals surface area contributed by atoms with Crippen LogP contribution in [0.3, 0.4) is 0 Å². The van der Waals surface area contributed by atoms with Crippen LogP contribution in [0.2, 0.25) is 0 Å².